The Labute approximate surface area is 172 Å². The van der Waals surface area contributed by atoms with Gasteiger partial charge in [-0.3, -0.25) is 0 Å². The highest BCUT2D eigenvalue weighted by Gasteiger charge is 2.30. The Hall–Kier alpha value is -1.14. The first-order valence-electron chi connectivity index (χ1n) is 10.1. The highest BCUT2D eigenvalue weighted by Crippen LogP contribution is 2.39. The van der Waals surface area contributed by atoms with E-state index in [2.05, 4.69) is 31.4 Å². The van der Waals surface area contributed by atoms with E-state index in [1.54, 1.807) is 11.3 Å². The van der Waals surface area contributed by atoms with Crippen LogP contribution < -0.4 is 10.6 Å². The molecule has 1 fully saturated rings. The quantitative estimate of drug-likeness (QED) is 0.525. The second kappa shape index (κ2) is 8.48. The molecular weight excluding hydrogens is 376 g/mol. The molecule has 1 aromatic heterocycles. The predicted octanol–water partition coefficient (Wildman–Crippen LogP) is 5.30. The van der Waals surface area contributed by atoms with E-state index in [-0.39, 0.29) is 5.97 Å². The van der Waals surface area contributed by atoms with Gasteiger partial charge in [0.25, 0.3) is 0 Å². The van der Waals surface area contributed by atoms with Crippen molar-refractivity contribution in [3.63, 3.8) is 0 Å². The fraction of sp³-hybridized carbons (Fsp3) is 0.714. The van der Waals surface area contributed by atoms with Crippen LogP contribution in [0.3, 0.4) is 0 Å². The molecule has 1 heterocycles. The lowest BCUT2D eigenvalue weighted by molar-refractivity contribution is 0.0601. The van der Waals surface area contributed by atoms with Crippen LogP contribution in [0.25, 0.3) is 0 Å². The third-order valence-corrected chi connectivity index (χ3v) is 7.50. The number of anilines is 1. The summed E-state index contributed by atoms with van der Waals surface area (Å²) in [4.78, 5) is 13.7. The van der Waals surface area contributed by atoms with Gasteiger partial charge < -0.3 is 15.4 Å². The summed E-state index contributed by atoms with van der Waals surface area (Å²) < 4.78 is 5.04. The number of esters is 1. The number of thiocarbonyl (C=S) groups is 1. The Morgan fingerprint density at radius 3 is 2.44 bits per heavy atom. The number of hydrogen-bond acceptors (Lipinski definition) is 4. The first-order valence-corrected chi connectivity index (χ1v) is 11.3. The standard InChI is InChI=1S/C21H32N2O2S2/c1-21(2,3)13-9-11-14(12-10-13)22-20(26)23-18-17(19(24)25-4)15-7-5-6-8-16(15)27-18/h13-14H,5-12H2,1-4H3,(H2,22,23,26). The third kappa shape index (κ3) is 4.83. The van der Waals surface area contributed by atoms with Crippen molar-refractivity contribution in [2.75, 3.05) is 12.4 Å². The topological polar surface area (TPSA) is 50.4 Å². The Balaban J connectivity index is 1.63. The summed E-state index contributed by atoms with van der Waals surface area (Å²) in [5, 5.41) is 8.25. The zero-order chi connectivity index (χ0) is 19.6. The van der Waals surface area contributed by atoms with Gasteiger partial charge in [-0.05, 0) is 80.5 Å². The van der Waals surface area contributed by atoms with Gasteiger partial charge in [0.1, 0.15) is 5.00 Å². The van der Waals surface area contributed by atoms with Crippen LogP contribution in [-0.2, 0) is 17.6 Å². The van der Waals surface area contributed by atoms with Crippen LogP contribution in [0.2, 0.25) is 0 Å². The molecule has 1 saturated carbocycles. The highest BCUT2D eigenvalue weighted by atomic mass is 32.1. The number of hydrogen-bond donors (Lipinski definition) is 2. The van der Waals surface area contributed by atoms with E-state index >= 15 is 0 Å². The van der Waals surface area contributed by atoms with Crippen molar-refractivity contribution in [3.05, 3.63) is 16.0 Å². The van der Waals surface area contributed by atoms with E-state index in [9.17, 15) is 4.79 Å². The van der Waals surface area contributed by atoms with Crippen LogP contribution in [-0.4, -0.2) is 24.2 Å². The molecule has 3 rings (SSSR count). The molecule has 6 heteroatoms. The van der Waals surface area contributed by atoms with Gasteiger partial charge in [0.15, 0.2) is 5.11 Å². The number of nitrogens with one attached hydrogen (secondary N) is 2. The molecule has 2 N–H and O–H groups in total. The number of aryl methyl sites for hydroxylation is 1. The number of carbonyl (C=O) groups is 1. The smallest absolute Gasteiger partial charge is 0.341 e. The van der Waals surface area contributed by atoms with Crippen molar-refractivity contribution in [1.82, 2.24) is 5.32 Å². The molecule has 0 aromatic carbocycles. The third-order valence-electron chi connectivity index (χ3n) is 6.08. The summed E-state index contributed by atoms with van der Waals surface area (Å²) in [7, 11) is 1.45. The highest BCUT2D eigenvalue weighted by molar-refractivity contribution is 7.80. The average Bonchev–Trinajstić information content (AvgIpc) is 2.98. The largest absolute Gasteiger partial charge is 0.465 e. The minimum absolute atomic E-state index is 0.259. The Kier molecular flexibility index (Phi) is 6.46. The maximum atomic E-state index is 12.3. The molecule has 2 aliphatic rings. The van der Waals surface area contributed by atoms with Gasteiger partial charge in [0.2, 0.25) is 0 Å². The van der Waals surface area contributed by atoms with Gasteiger partial charge in [-0.2, -0.15) is 0 Å². The molecule has 0 aliphatic heterocycles. The van der Waals surface area contributed by atoms with Crippen LogP contribution in [0, 0.1) is 11.3 Å². The van der Waals surface area contributed by atoms with Crippen molar-refractivity contribution in [2.24, 2.45) is 11.3 Å². The number of fused-ring (bicyclic) bond motifs is 1. The van der Waals surface area contributed by atoms with Crippen molar-refractivity contribution < 1.29 is 9.53 Å². The van der Waals surface area contributed by atoms with Crippen molar-refractivity contribution in [1.29, 1.82) is 0 Å². The second-order valence-electron chi connectivity index (χ2n) is 8.92. The van der Waals surface area contributed by atoms with E-state index in [4.69, 9.17) is 17.0 Å². The number of ether oxygens (including phenoxy) is 1. The molecule has 150 valence electrons. The minimum Gasteiger partial charge on any atom is -0.465 e. The Morgan fingerprint density at radius 1 is 1.15 bits per heavy atom. The van der Waals surface area contributed by atoms with E-state index in [0.717, 1.165) is 48.6 Å². The number of thiophene rings is 1. The molecule has 0 amide bonds. The van der Waals surface area contributed by atoms with Gasteiger partial charge in [-0.1, -0.05) is 20.8 Å². The zero-order valence-corrected chi connectivity index (χ0v) is 18.6. The molecule has 0 spiro atoms. The summed E-state index contributed by atoms with van der Waals surface area (Å²) >= 11 is 7.24. The molecule has 4 nitrogen and oxygen atoms in total. The maximum Gasteiger partial charge on any atom is 0.341 e. The van der Waals surface area contributed by atoms with E-state index in [1.807, 2.05) is 0 Å². The van der Waals surface area contributed by atoms with Crippen molar-refractivity contribution in [2.45, 2.75) is 78.2 Å². The normalized spacial score (nSPS) is 22.7. The zero-order valence-electron chi connectivity index (χ0n) is 16.9. The van der Waals surface area contributed by atoms with E-state index < -0.39 is 0 Å². The number of carbonyl (C=O) groups excluding carboxylic acids is 1. The lowest BCUT2D eigenvalue weighted by Gasteiger charge is -2.37. The summed E-state index contributed by atoms with van der Waals surface area (Å²) in [6.45, 7) is 7.01. The predicted molar refractivity (Wildman–Crippen MR) is 117 cm³/mol. The Morgan fingerprint density at radius 2 is 1.81 bits per heavy atom. The van der Waals surface area contributed by atoms with E-state index in [0.29, 0.717) is 22.1 Å². The fourth-order valence-corrected chi connectivity index (χ4v) is 6.02. The Bertz CT molecular complexity index is 698. The summed E-state index contributed by atoms with van der Waals surface area (Å²) in [6, 6.07) is 0.416. The molecule has 1 aromatic rings. The SMILES string of the molecule is COC(=O)c1c(NC(=S)NC2CCC(C(C)(C)C)CC2)sc2c1CCCC2. The molecule has 0 atom stereocenters. The maximum absolute atomic E-state index is 12.3. The van der Waals surface area contributed by atoms with Crippen LogP contribution in [0.1, 0.15) is 80.1 Å². The van der Waals surface area contributed by atoms with Gasteiger partial charge in [0, 0.05) is 10.9 Å². The van der Waals surface area contributed by atoms with Gasteiger partial charge >= 0.3 is 5.97 Å². The van der Waals surface area contributed by atoms with Gasteiger partial charge in [-0.15, -0.1) is 11.3 Å². The molecule has 0 bridgehead atoms. The summed E-state index contributed by atoms with van der Waals surface area (Å²) in [5.74, 6) is 0.525. The molecule has 0 unspecified atom stereocenters. The number of rotatable bonds is 3. The minimum atomic E-state index is -0.259. The first kappa shape index (κ1) is 20.6. The van der Waals surface area contributed by atoms with Crippen LogP contribution in [0.5, 0.6) is 0 Å². The van der Waals surface area contributed by atoms with Crippen molar-refractivity contribution in [3.8, 4) is 0 Å². The van der Waals surface area contributed by atoms with Crippen LogP contribution >= 0.6 is 23.6 Å². The fourth-order valence-electron chi connectivity index (χ4n) is 4.40. The number of methoxy groups -OCH3 is 1. The van der Waals surface area contributed by atoms with Gasteiger partial charge in [-0.25, -0.2) is 4.79 Å². The molecule has 0 radical (unpaired) electrons. The summed E-state index contributed by atoms with van der Waals surface area (Å²) in [6.07, 6.45) is 9.09. The average molecular weight is 409 g/mol. The van der Waals surface area contributed by atoms with Gasteiger partial charge in [0.05, 0.1) is 12.7 Å². The monoisotopic (exact) mass is 408 g/mol. The van der Waals surface area contributed by atoms with E-state index in [1.165, 1.54) is 31.2 Å². The van der Waals surface area contributed by atoms with Crippen molar-refractivity contribution >= 4 is 39.6 Å². The van der Waals surface area contributed by atoms with Crippen LogP contribution in [0.4, 0.5) is 5.00 Å². The second-order valence-corrected chi connectivity index (χ2v) is 10.4. The lowest BCUT2D eigenvalue weighted by Crippen LogP contribution is -2.41. The molecular formula is C21H32N2O2S2. The molecule has 0 saturated heterocycles. The molecule has 2 aliphatic carbocycles. The summed E-state index contributed by atoms with van der Waals surface area (Å²) in [5.41, 5.74) is 2.24. The van der Waals surface area contributed by atoms with Crippen LogP contribution in [0.15, 0.2) is 0 Å². The molecule has 27 heavy (non-hydrogen) atoms. The first-order chi connectivity index (χ1) is 12.8. The lowest BCUT2D eigenvalue weighted by atomic mass is 9.71.